The maximum atomic E-state index is 12.2. The zero-order valence-corrected chi connectivity index (χ0v) is 12.1. The Morgan fingerprint density at radius 2 is 1.95 bits per heavy atom. The summed E-state index contributed by atoms with van der Waals surface area (Å²) in [5.41, 5.74) is 0.921. The summed E-state index contributed by atoms with van der Waals surface area (Å²) in [6.45, 7) is 5.42. The normalized spacial score (nSPS) is 13.3. The van der Waals surface area contributed by atoms with E-state index in [1.165, 1.54) is 10.6 Å². The van der Waals surface area contributed by atoms with Crippen molar-refractivity contribution in [2.45, 2.75) is 19.5 Å². The van der Waals surface area contributed by atoms with Gasteiger partial charge in [0.15, 0.2) is 0 Å². The second-order valence-corrected chi connectivity index (χ2v) is 6.26. The van der Waals surface area contributed by atoms with E-state index in [0.29, 0.717) is 5.76 Å². The highest BCUT2D eigenvalue weighted by Gasteiger charge is 2.26. The van der Waals surface area contributed by atoms with Crippen LogP contribution in [0.25, 0.3) is 0 Å². The molecule has 1 aromatic carbocycles. The van der Waals surface area contributed by atoms with Crippen LogP contribution in [0.2, 0.25) is 0 Å². The van der Waals surface area contributed by atoms with Crippen molar-refractivity contribution < 1.29 is 12.8 Å². The van der Waals surface area contributed by atoms with Crippen molar-refractivity contribution in [3.63, 3.8) is 0 Å². The predicted molar refractivity (Wildman–Crippen MR) is 78.2 cm³/mol. The van der Waals surface area contributed by atoms with Gasteiger partial charge in [-0.2, -0.15) is 4.31 Å². The van der Waals surface area contributed by atoms with Gasteiger partial charge in [-0.15, -0.1) is 0 Å². The van der Waals surface area contributed by atoms with Gasteiger partial charge in [0.05, 0.1) is 12.8 Å². The lowest BCUT2D eigenvalue weighted by Gasteiger charge is -2.26. The number of sulfonamides is 1. The molecule has 106 valence electrons. The molecule has 0 amide bonds. The molecular formula is C15H17NO3S. The first kappa shape index (κ1) is 14.6. The summed E-state index contributed by atoms with van der Waals surface area (Å²) in [6.07, 6.45) is 1.53. The molecule has 0 aliphatic carbocycles. The van der Waals surface area contributed by atoms with E-state index in [4.69, 9.17) is 4.42 Å². The van der Waals surface area contributed by atoms with E-state index in [9.17, 15) is 8.42 Å². The number of benzene rings is 1. The Hall–Kier alpha value is -1.85. The van der Waals surface area contributed by atoms with Crippen LogP contribution in [0, 0.1) is 0 Å². The lowest BCUT2D eigenvalue weighted by molar-refractivity contribution is 0.311. The molecule has 0 unspecified atom stereocenters. The molecule has 0 bridgehead atoms. The van der Waals surface area contributed by atoms with Gasteiger partial charge in [-0.1, -0.05) is 36.9 Å². The Bertz CT molecular complexity index is 648. The molecule has 2 rings (SSSR count). The number of furan rings is 1. The van der Waals surface area contributed by atoms with E-state index < -0.39 is 10.0 Å². The highest BCUT2D eigenvalue weighted by Crippen LogP contribution is 2.26. The summed E-state index contributed by atoms with van der Waals surface area (Å²) >= 11 is 0. The minimum atomic E-state index is -3.55. The molecule has 4 nitrogen and oxygen atoms in total. The number of nitrogens with zero attached hydrogens (tertiary/aromatic N) is 1. The third kappa shape index (κ3) is 3.18. The van der Waals surface area contributed by atoms with Crippen molar-refractivity contribution in [2.24, 2.45) is 0 Å². The Kier molecular flexibility index (Phi) is 4.42. The lowest BCUT2D eigenvalue weighted by atomic mass is 10.1. The van der Waals surface area contributed by atoms with Crippen LogP contribution in [-0.4, -0.2) is 12.7 Å². The Balaban J connectivity index is 2.34. The monoisotopic (exact) mass is 291 g/mol. The number of rotatable bonds is 6. The molecule has 0 saturated heterocycles. The Morgan fingerprint density at radius 3 is 2.50 bits per heavy atom. The summed E-state index contributed by atoms with van der Waals surface area (Å²) in [4.78, 5) is 0. The van der Waals surface area contributed by atoms with Crippen LogP contribution in [0.4, 0.5) is 0 Å². The van der Waals surface area contributed by atoms with Crippen molar-refractivity contribution in [1.82, 2.24) is 4.31 Å². The summed E-state index contributed by atoms with van der Waals surface area (Å²) in [6, 6.07) is 12.7. The van der Waals surface area contributed by atoms with Gasteiger partial charge < -0.3 is 4.42 Å². The molecule has 20 heavy (non-hydrogen) atoms. The van der Waals surface area contributed by atoms with Crippen LogP contribution >= 0.6 is 0 Å². The zero-order chi connectivity index (χ0) is 14.6. The van der Waals surface area contributed by atoms with Crippen LogP contribution in [0.3, 0.4) is 0 Å². The third-order valence-electron chi connectivity index (χ3n) is 3.14. The molecule has 0 radical (unpaired) electrons. The van der Waals surface area contributed by atoms with Crippen molar-refractivity contribution in [1.29, 1.82) is 0 Å². The SMILES string of the molecule is C=CS(=O)(=O)N(Cc1ccco1)[C@@H](C)c1ccccc1. The van der Waals surface area contributed by atoms with Gasteiger partial charge in [0, 0.05) is 11.4 Å². The first-order chi connectivity index (χ1) is 9.54. The molecule has 0 fully saturated rings. The minimum Gasteiger partial charge on any atom is -0.468 e. The van der Waals surface area contributed by atoms with Gasteiger partial charge in [-0.05, 0) is 24.6 Å². The van der Waals surface area contributed by atoms with Gasteiger partial charge in [0.25, 0.3) is 0 Å². The average molecular weight is 291 g/mol. The van der Waals surface area contributed by atoms with Gasteiger partial charge in [-0.3, -0.25) is 0 Å². The van der Waals surface area contributed by atoms with Gasteiger partial charge >= 0.3 is 0 Å². The van der Waals surface area contributed by atoms with E-state index in [-0.39, 0.29) is 12.6 Å². The largest absolute Gasteiger partial charge is 0.468 e. The van der Waals surface area contributed by atoms with E-state index in [1.54, 1.807) is 12.1 Å². The summed E-state index contributed by atoms with van der Waals surface area (Å²) in [5, 5.41) is 0.968. The van der Waals surface area contributed by atoms with Crippen molar-refractivity contribution in [2.75, 3.05) is 0 Å². The van der Waals surface area contributed by atoms with Crippen molar-refractivity contribution >= 4 is 10.0 Å². The fraction of sp³-hybridized carbons (Fsp3) is 0.200. The fourth-order valence-corrected chi connectivity index (χ4v) is 3.06. The van der Waals surface area contributed by atoms with Crippen molar-refractivity contribution in [3.8, 4) is 0 Å². The maximum Gasteiger partial charge on any atom is 0.236 e. The summed E-state index contributed by atoms with van der Waals surface area (Å²) in [7, 11) is -3.55. The summed E-state index contributed by atoms with van der Waals surface area (Å²) in [5.74, 6) is 0.596. The van der Waals surface area contributed by atoms with Gasteiger partial charge in [0.2, 0.25) is 10.0 Å². The van der Waals surface area contributed by atoms with E-state index in [1.807, 2.05) is 37.3 Å². The second-order valence-electron chi connectivity index (χ2n) is 4.42. The molecule has 1 aromatic heterocycles. The molecule has 0 N–H and O–H groups in total. The van der Waals surface area contributed by atoms with Crippen LogP contribution in [0.1, 0.15) is 24.3 Å². The molecule has 0 aliphatic heterocycles. The van der Waals surface area contributed by atoms with Gasteiger partial charge in [-0.25, -0.2) is 8.42 Å². The maximum absolute atomic E-state index is 12.2. The second kappa shape index (κ2) is 6.07. The highest BCUT2D eigenvalue weighted by molar-refractivity contribution is 7.92. The topological polar surface area (TPSA) is 50.5 Å². The standard InChI is InChI=1S/C15H17NO3S/c1-3-20(17,18)16(12-15-10-7-11-19-15)13(2)14-8-5-4-6-9-14/h3-11,13H,1,12H2,2H3/t13-/m0/s1. The Labute approximate surface area is 119 Å². The first-order valence-corrected chi connectivity index (χ1v) is 7.76. The molecule has 0 spiro atoms. The number of hydrogen-bond donors (Lipinski definition) is 0. The van der Waals surface area contributed by atoms with E-state index >= 15 is 0 Å². The molecular weight excluding hydrogens is 274 g/mol. The van der Waals surface area contributed by atoms with Gasteiger partial charge in [0.1, 0.15) is 5.76 Å². The summed E-state index contributed by atoms with van der Waals surface area (Å²) < 4.78 is 31.0. The molecule has 0 aliphatic rings. The molecule has 5 heteroatoms. The van der Waals surface area contributed by atoms with Crippen LogP contribution in [0.15, 0.2) is 65.1 Å². The molecule has 1 atom stereocenters. The minimum absolute atomic E-state index is 0.178. The Morgan fingerprint density at radius 1 is 1.25 bits per heavy atom. The highest BCUT2D eigenvalue weighted by atomic mass is 32.2. The van der Waals surface area contributed by atoms with Crippen LogP contribution < -0.4 is 0 Å². The molecule has 1 heterocycles. The third-order valence-corrected chi connectivity index (χ3v) is 4.66. The van der Waals surface area contributed by atoms with E-state index in [0.717, 1.165) is 11.0 Å². The predicted octanol–water partition coefficient (Wildman–Crippen LogP) is 3.32. The van der Waals surface area contributed by atoms with Crippen molar-refractivity contribution in [3.05, 3.63) is 72.0 Å². The van der Waals surface area contributed by atoms with Crippen LogP contribution in [0.5, 0.6) is 0 Å². The first-order valence-electron chi connectivity index (χ1n) is 6.26. The number of hydrogen-bond acceptors (Lipinski definition) is 3. The molecule has 0 saturated carbocycles. The fourth-order valence-electron chi connectivity index (χ4n) is 2.00. The zero-order valence-electron chi connectivity index (χ0n) is 11.3. The molecule has 2 aromatic rings. The smallest absolute Gasteiger partial charge is 0.236 e. The lowest BCUT2D eigenvalue weighted by Crippen LogP contribution is -2.31. The quantitative estimate of drug-likeness (QED) is 0.820. The van der Waals surface area contributed by atoms with E-state index in [2.05, 4.69) is 6.58 Å². The van der Waals surface area contributed by atoms with Crippen LogP contribution in [-0.2, 0) is 16.6 Å². The average Bonchev–Trinajstić information content (AvgIpc) is 2.98.